The van der Waals surface area contributed by atoms with Crippen LogP contribution >= 0.6 is 0 Å². The highest BCUT2D eigenvalue weighted by Gasteiger charge is 2.10. The minimum Gasteiger partial charge on any atom is -0.395 e. The Labute approximate surface area is 98.7 Å². The van der Waals surface area contributed by atoms with Crippen LogP contribution in [0.2, 0.25) is 0 Å². The van der Waals surface area contributed by atoms with Crippen molar-refractivity contribution in [3.8, 4) is 0 Å². The molecule has 0 aromatic heterocycles. The van der Waals surface area contributed by atoms with Crippen LogP contribution in [0.1, 0.15) is 30.5 Å². The van der Waals surface area contributed by atoms with Gasteiger partial charge < -0.3 is 10.4 Å². The normalized spacial score (nSPS) is 13.1. The molecular formula is C14H23NO. The van der Waals surface area contributed by atoms with Crippen LogP contribution in [0.25, 0.3) is 0 Å². The second-order valence-corrected chi connectivity index (χ2v) is 4.91. The second-order valence-electron chi connectivity index (χ2n) is 4.91. The van der Waals surface area contributed by atoms with Crippen LogP contribution < -0.4 is 5.32 Å². The summed E-state index contributed by atoms with van der Waals surface area (Å²) in [6.07, 6.45) is 0. The molecule has 0 saturated carbocycles. The molecule has 0 aliphatic rings. The van der Waals surface area contributed by atoms with Crippen LogP contribution in [0.4, 0.5) is 0 Å². The Bertz CT molecular complexity index is 313. The number of rotatable bonds is 5. The van der Waals surface area contributed by atoms with Gasteiger partial charge in [-0.2, -0.15) is 0 Å². The minimum absolute atomic E-state index is 0.181. The fraction of sp³-hybridized carbons (Fsp3) is 0.571. The lowest BCUT2D eigenvalue weighted by molar-refractivity contribution is 0.210. The Morgan fingerprint density at radius 1 is 1.12 bits per heavy atom. The van der Waals surface area contributed by atoms with E-state index in [1.54, 1.807) is 0 Å². The van der Waals surface area contributed by atoms with Gasteiger partial charge in [-0.25, -0.2) is 0 Å². The Hall–Kier alpha value is -0.860. The zero-order chi connectivity index (χ0) is 12.1. The molecule has 0 bridgehead atoms. The van der Waals surface area contributed by atoms with Gasteiger partial charge in [0.2, 0.25) is 0 Å². The number of hydrogen-bond acceptors (Lipinski definition) is 2. The first-order valence-corrected chi connectivity index (χ1v) is 5.94. The van der Waals surface area contributed by atoms with Crippen LogP contribution in [0, 0.1) is 19.8 Å². The third kappa shape index (κ3) is 3.95. The number of benzene rings is 1. The molecule has 0 spiro atoms. The van der Waals surface area contributed by atoms with E-state index in [0.29, 0.717) is 5.92 Å². The molecule has 0 fully saturated rings. The van der Waals surface area contributed by atoms with Gasteiger partial charge in [-0.15, -0.1) is 0 Å². The highest BCUT2D eigenvalue weighted by molar-refractivity contribution is 5.28. The van der Waals surface area contributed by atoms with E-state index in [9.17, 15) is 5.11 Å². The largest absolute Gasteiger partial charge is 0.395 e. The minimum atomic E-state index is 0.181. The van der Waals surface area contributed by atoms with Gasteiger partial charge in [-0.3, -0.25) is 0 Å². The number of nitrogens with one attached hydrogen (secondary N) is 1. The SMILES string of the molecule is Cc1cc(C)cc(CNC(CO)C(C)C)c1. The van der Waals surface area contributed by atoms with Gasteiger partial charge in [-0.1, -0.05) is 43.2 Å². The molecular weight excluding hydrogens is 198 g/mol. The first kappa shape index (κ1) is 13.2. The highest BCUT2D eigenvalue weighted by atomic mass is 16.3. The van der Waals surface area contributed by atoms with Crippen molar-refractivity contribution in [2.24, 2.45) is 5.92 Å². The Morgan fingerprint density at radius 3 is 2.12 bits per heavy atom. The van der Waals surface area contributed by atoms with Gasteiger partial charge in [0.1, 0.15) is 0 Å². The van der Waals surface area contributed by atoms with Crippen molar-refractivity contribution in [3.05, 3.63) is 34.9 Å². The molecule has 2 N–H and O–H groups in total. The molecule has 0 amide bonds. The quantitative estimate of drug-likeness (QED) is 0.800. The summed E-state index contributed by atoms with van der Waals surface area (Å²) >= 11 is 0. The summed E-state index contributed by atoms with van der Waals surface area (Å²) in [4.78, 5) is 0. The zero-order valence-corrected chi connectivity index (χ0v) is 10.7. The maximum atomic E-state index is 9.22. The first-order valence-electron chi connectivity index (χ1n) is 5.94. The molecule has 0 aliphatic heterocycles. The standard InChI is InChI=1S/C14H23NO/c1-10(2)14(9-16)15-8-13-6-11(3)5-12(4)7-13/h5-7,10,14-16H,8-9H2,1-4H3. The number of aliphatic hydroxyl groups excluding tert-OH is 1. The van der Waals surface area contributed by atoms with E-state index in [0.717, 1.165) is 6.54 Å². The Kier molecular flexibility index (Phi) is 4.97. The number of aliphatic hydroxyl groups is 1. The summed E-state index contributed by atoms with van der Waals surface area (Å²) in [6, 6.07) is 6.74. The maximum absolute atomic E-state index is 9.22. The second kappa shape index (κ2) is 6.02. The molecule has 1 rings (SSSR count). The summed E-state index contributed by atoms with van der Waals surface area (Å²) < 4.78 is 0. The summed E-state index contributed by atoms with van der Waals surface area (Å²) in [7, 11) is 0. The van der Waals surface area contributed by atoms with Crippen molar-refractivity contribution < 1.29 is 5.11 Å². The topological polar surface area (TPSA) is 32.3 Å². The number of aryl methyl sites for hydroxylation is 2. The smallest absolute Gasteiger partial charge is 0.0587 e. The molecule has 0 radical (unpaired) electrons. The molecule has 0 saturated heterocycles. The molecule has 1 unspecified atom stereocenters. The molecule has 0 aliphatic carbocycles. The van der Waals surface area contributed by atoms with E-state index in [4.69, 9.17) is 0 Å². The zero-order valence-electron chi connectivity index (χ0n) is 10.7. The first-order chi connectivity index (χ1) is 7.52. The predicted octanol–water partition coefficient (Wildman–Crippen LogP) is 2.41. The summed E-state index contributed by atoms with van der Waals surface area (Å²) in [5.74, 6) is 0.455. The lowest BCUT2D eigenvalue weighted by Gasteiger charge is -2.20. The van der Waals surface area contributed by atoms with Gasteiger partial charge in [0, 0.05) is 12.6 Å². The fourth-order valence-corrected chi connectivity index (χ4v) is 1.93. The van der Waals surface area contributed by atoms with Crippen molar-refractivity contribution in [1.82, 2.24) is 5.32 Å². The lowest BCUT2D eigenvalue weighted by atomic mass is 10.0. The molecule has 1 atom stereocenters. The molecule has 16 heavy (non-hydrogen) atoms. The van der Waals surface area contributed by atoms with Gasteiger partial charge in [0.25, 0.3) is 0 Å². The average Bonchev–Trinajstić information content (AvgIpc) is 2.16. The molecule has 2 nitrogen and oxygen atoms in total. The predicted molar refractivity (Wildman–Crippen MR) is 68.5 cm³/mol. The van der Waals surface area contributed by atoms with Crippen molar-refractivity contribution >= 4 is 0 Å². The fourth-order valence-electron chi connectivity index (χ4n) is 1.93. The van der Waals surface area contributed by atoms with Gasteiger partial charge >= 0.3 is 0 Å². The maximum Gasteiger partial charge on any atom is 0.0587 e. The van der Waals surface area contributed by atoms with Gasteiger partial charge in [-0.05, 0) is 25.3 Å². The van der Waals surface area contributed by atoms with E-state index >= 15 is 0 Å². The van der Waals surface area contributed by atoms with E-state index in [1.807, 2.05) is 0 Å². The van der Waals surface area contributed by atoms with E-state index in [-0.39, 0.29) is 12.6 Å². The third-order valence-corrected chi connectivity index (χ3v) is 2.85. The van der Waals surface area contributed by atoms with Crippen LogP contribution in [0.15, 0.2) is 18.2 Å². The van der Waals surface area contributed by atoms with E-state index in [2.05, 4.69) is 51.2 Å². The monoisotopic (exact) mass is 221 g/mol. The van der Waals surface area contributed by atoms with Crippen LogP contribution in [-0.4, -0.2) is 17.8 Å². The van der Waals surface area contributed by atoms with Crippen molar-refractivity contribution in [2.75, 3.05) is 6.61 Å². The van der Waals surface area contributed by atoms with Crippen LogP contribution in [0.5, 0.6) is 0 Å². The summed E-state index contributed by atoms with van der Waals surface area (Å²) in [5.41, 5.74) is 3.88. The van der Waals surface area contributed by atoms with E-state index in [1.165, 1.54) is 16.7 Å². The molecule has 1 aromatic rings. The number of hydrogen-bond donors (Lipinski definition) is 2. The van der Waals surface area contributed by atoms with Crippen molar-refractivity contribution in [1.29, 1.82) is 0 Å². The van der Waals surface area contributed by atoms with Gasteiger partial charge in [0.05, 0.1) is 6.61 Å². The Balaban J connectivity index is 2.60. The third-order valence-electron chi connectivity index (χ3n) is 2.85. The molecule has 1 aromatic carbocycles. The molecule has 2 heteroatoms. The molecule has 0 heterocycles. The van der Waals surface area contributed by atoms with Crippen LogP contribution in [-0.2, 0) is 6.54 Å². The average molecular weight is 221 g/mol. The van der Waals surface area contributed by atoms with E-state index < -0.39 is 0 Å². The van der Waals surface area contributed by atoms with Gasteiger partial charge in [0.15, 0.2) is 0 Å². The highest BCUT2D eigenvalue weighted by Crippen LogP contribution is 2.09. The molecule has 90 valence electrons. The van der Waals surface area contributed by atoms with Crippen molar-refractivity contribution in [2.45, 2.75) is 40.3 Å². The van der Waals surface area contributed by atoms with Crippen LogP contribution in [0.3, 0.4) is 0 Å². The van der Waals surface area contributed by atoms with Crippen molar-refractivity contribution in [3.63, 3.8) is 0 Å². The Morgan fingerprint density at radius 2 is 1.69 bits per heavy atom. The summed E-state index contributed by atoms with van der Waals surface area (Å²) in [5, 5.41) is 12.6. The lowest BCUT2D eigenvalue weighted by Crippen LogP contribution is -2.36. The summed E-state index contributed by atoms with van der Waals surface area (Å²) in [6.45, 7) is 9.49.